The fraction of sp³-hybridized carbons (Fsp3) is 0.481. The van der Waals surface area contributed by atoms with Gasteiger partial charge >= 0.3 is 0 Å². The first-order valence-electron chi connectivity index (χ1n) is 12.3. The number of benzene rings is 2. The Kier molecular flexibility index (Phi) is 8.41. The third kappa shape index (κ3) is 6.97. The SMILES string of the molecule is CN(CC(=O)Nc1ccc(N2CCOCC2)cc1)C(=O)CCc1cccc(OC2CCCC2)c1. The number of rotatable bonds is 9. The van der Waals surface area contributed by atoms with Crippen LogP contribution in [0.15, 0.2) is 48.5 Å². The number of nitrogens with zero attached hydrogens (tertiary/aromatic N) is 2. The number of anilines is 2. The predicted octanol–water partition coefficient (Wildman–Crippen LogP) is 3.87. The van der Waals surface area contributed by atoms with Crippen LogP contribution in [-0.2, 0) is 20.7 Å². The first-order valence-corrected chi connectivity index (χ1v) is 12.3. The molecule has 34 heavy (non-hydrogen) atoms. The molecular weight excluding hydrogens is 430 g/mol. The summed E-state index contributed by atoms with van der Waals surface area (Å²) >= 11 is 0. The van der Waals surface area contributed by atoms with Crippen molar-refractivity contribution in [1.29, 1.82) is 0 Å². The van der Waals surface area contributed by atoms with E-state index in [-0.39, 0.29) is 18.4 Å². The minimum absolute atomic E-state index is 0.0227. The van der Waals surface area contributed by atoms with Gasteiger partial charge in [0, 0.05) is 37.9 Å². The van der Waals surface area contributed by atoms with Crippen LogP contribution in [0.1, 0.15) is 37.7 Å². The normalized spacial score (nSPS) is 16.3. The van der Waals surface area contributed by atoms with Gasteiger partial charge in [0.25, 0.3) is 0 Å². The lowest BCUT2D eigenvalue weighted by molar-refractivity contribution is -0.133. The fourth-order valence-corrected chi connectivity index (χ4v) is 4.50. The van der Waals surface area contributed by atoms with Crippen molar-refractivity contribution in [3.05, 3.63) is 54.1 Å². The Labute approximate surface area is 202 Å². The number of ether oxygens (including phenoxy) is 2. The Morgan fingerprint density at radius 3 is 2.56 bits per heavy atom. The van der Waals surface area contributed by atoms with E-state index in [1.54, 1.807) is 7.05 Å². The van der Waals surface area contributed by atoms with Crippen LogP contribution in [0, 0.1) is 0 Å². The molecule has 7 nitrogen and oxygen atoms in total. The van der Waals surface area contributed by atoms with Gasteiger partial charge in [-0.1, -0.05) is 12.1 Å². The van der Waals surface area contributed by atoms with Crippen molar-refractivity contribution >= 4 is 23.2 Å². The molecule has 1 heterocycles. The van der Waals surface area contributed by atoms with Gasteiger partial charge in [0.05, 0.1) is 25.9 Å². The van der Waals surface area contributed by atoms with Crippen molar-refractivity contribution in [2.24, 2.45) is 0 Å². The lowest BCUT2D eigenvalue weighted by Crippen LogP contribution is -2.36. The number of amides is 2. The van der Waals surface area contributed by atoms with Gasteiger partial charge in [-0.05, 0) is 74.1 Å². The number of hydrogen-bond donors (Lipinski definition) is 1. The van der Waals surface area contributed by atoms with E-state index in [1.165, 1.54) is 17.7 Å². The highest BCUT2D eigenvalue weighted by Crippen LogP contribution is 2.25. The fourth-order valence-electron chi connectivity index (χ4n) is 4.50. The zero-order valence-corrected chi connectivity index (χ0v) is 20.0. The zero-order valence-electron chi connectivity index (χ0n) is 20.0. The van der Waals surface area contributed by atoms with Gasteiger partial charge in [-0.15, -0.1) is 0 Å². The topological polar surface area (TPSA) is 71.1 Å². The molecular formula is C27H35N3O4. The number of carbonyl (C=O) groups is 2. The van der Waals surface area contributed by atoms with Gasteiger partial charge in [0.2, 0.25) is 11.8 Å². The molecule has 2 fully saturated rings. The number of likely N-dealkylation sites (N-methyl/N-ethyl adjacent to an activating group) is 1. The largest absolute Gasteiger partial charge is 0.490 e. The summed E-state index contributed by atoms with van der Waals surface area (Å²) < 4.78 is 11.5. The molecule has 2 aliphatic rings. The molecule has 0 unspecified atom stereocenters. The van der Waals surface area contributed by atoms with Gasteiger partial charge in [0.15, 0.2) is 0 Å². The van der Waals surface area contributed by atoms with Gasteiger partial charge < -0.3 is 24.6 Å². The van der Waals surface area contributed by atoms with Gasteiger partial charge in [0.1, 0.15) is 5.75 Å². The highest BCUT2D eigenvalue weighted by atomic mass is 16.5. The van der Waals surface area contributed by atoms with Crippen LogP contribution in [0.3, 0.4) is 0 Å². The molecule has 1 aliphatic carbocycles. The summed E-state index contributed by atoms with van der Waals surface area (Å²) in [5.41, 5.74) is 2.91. The van der Waals surface area contributed by atoms with E-state index in [4.69, 9.17) is 9.47 Å². The first-order chi connectivity index (χ1) is 16.6. The molecule has 2 aromatic rings. The Morgan fingerprint density at radius 1 is 1.09 bits per heavy atom. The molecule has 2 aromatic carbocycles. The summed E-state index contributed by atoms with van der Waals surface area (Å²) in [7, 11) is 1.67. The Hall–Kier alpha value is -3.06. The molecule has 0 aromatic heterocycles. The van der Waals surface area contributed by atoms with E-state index in [0.717, 1.165) is 61.8 Å². The molecule has 182 valence electrons. The van der Waals surface area contributed by atoms with Gasteiger partial charge in [-0.3, -0.25) is 9.59 Å². The van der Waals surface area contributed by atoms with Crippen LogP contribution >= 0.6 is 0 Å². The highest BCUT2D eigenvalue weighted by molar-refractivity contribution is 5.94. The summed E-state index contributed by atoms with van der Waals surface area (Å²) in [4.78, 5) is 28.8. The van der Waals surface area contributed by atoms with Gasteiger partial charge in [-0.2, -0.15) is 0 Å². The summed E-state index contributed by atoms with van der Waals surface area (Å²) in [5, 5.41) is 2.88. The highest BCUT2D eigenvalue weighted by Gasteiger charge is 2.17. The maximum absolute atomic E-state index is 12.6. The molecule has 1 N–H and O–H groups in total. The van der Waals surface area contributed by atoms with E-state index in [0.29, 0.717) is 18.9 Å². The molecule has 2 amide bonds. The monoisotopic (exact) mass is 465 g/mol. The Morgan fingerprint density at radius 2 is 1.82 bits per heavy atom. The number of aryl methyl sites for hydroxylation is 1. The van der Waals surface area contributed by atoms with Crippen LogP contribution in [0.4, 0.5) is 11.4 Å². The second-order valence-corrected chi connectivity index (χ2v) is 9.12. The quantitative estimate of drug-likeness (QED) is 0.609. The maximum atomic E-state index is 12.6. The zero-order chi connectivity index (χ0) is 23.8. The first kappa shape index (κ1) is 24.1. The molecule has 0 spiro atoms. The maximum Gasteiger partial charge on any atom is 0.243 e. The van der Waals surface area contributed by atoms with Crippen molar-refractivity contribution in [2.75, 3.05) is 50.1 Å². The van der Waals surface area contributed by atoms with Gasteiger partial charge in [-0.25, -0.2) is 0 Å². The van der Waals surface area contributed by atoms with E-state index < -0.39 is 0 Å². The third-order valence-electron chi connectivity index (χ3n) is 6.46. The molecule has 0 radical (unpaired) electrons. The standard InChI is InChI=1S/C27H35N3O4/c1-29(20-26(31)28-22-10-12-23(13-11-22)30-15-17-33-18-16-30)27(32)14-9-21-5-4-8-25(19-21)34-24-6-2-3-7-24/h4-5,8,10-13,19,24H,2-3,6-7,9,14-18,20H2,1H3,(H,28,31). The lowest BCUT2D eigenvalue weighted by atomic mass is 10.1. The summed E-state index contributed by atoms with van der Waals surface area (Å²) in [6, 6.07) is 15.8. The average Bonchev–Trinajstić information content (AvgIpc) is 3.37. The van der Waals surface area contributed by atoms with Crippen molar-refractivity contribution in [3.8, 4) is 5.75 Å². The summed E-state index contributed by atoms with van der Waals surface area (Å²) in [5.74, 6) is 0.617. The predicted molar refractivity (Wildman–Crippen MR) is 133 cm³/mol. The van der Waals surface area contributed by atoms with Crippen LogP contribution in [0.25, 0.3) is 0 Å². The average molecular weight is 466 g/mol. The molecule has 1 saturated carbocycles. The molecule has 7 heteroatoms. The second-order valence-electron chi connectivity index (χ2n) is 9.12. The van der Waals surface area contributed by atoms with E-state index in [2.05, 4.69) is 10.2 Å². The minimum Gasteiger partial charge on any atom is -0.490 e. The van der Waals surface area contributed by atoms with Crippen LogP contribution in [0.2, 0.25) is 0 Å². The molecule has 0 bridgehead atoms. The van der Waals surface area contributed by atoms with Crippen molar-refractivity contribution in [1.82, 2.24) is 4.90 Å². The van der Waals surface area contributed by atoms with Crippen molar-refractivity contribution in [2.45, 2.75) is 44.6 Å². The number of morpholine rings is 1. The van der Waals surface area contributed by atoms with E-state index in [1.807, 2.05) is 48.5 Å². The second kappa shape index (κ2) is 11.9. The number of hydrogen-bond acceptors (Lipinski definition) is 5. The minimum atomic E-state index is -0.207. The lowest BCUT2D eigenvalue weighted by Gasteiger charge is -2.28. The molecule has 1 aliphatic heterocycles. The van der Waals surface area contributed by atoms with Crippen LogP contribution in [0.5, 0.6) is 5.75 Å². The summed E-state index contributed by atoms with van der Waals surface area (Å²) in [6.07, 6.45) is 6.00. The molecule has 0 atom stereocenters. The molecule has 1 saturated heterocycles. The van der Waals surface area contributed by atoms with Crippen molar-refractivity contribution < 1.29 is 19.1 Å². The third-order valence-corrected chi connectivity index (χ3v) is 6.46. The van der Waals surface area contributed by atoms with Crippen LogP contribution < -0.4 is 15.0 Å². The Balaban J connectivity index is 1.20. The number of nitrogens with one attached hydrogen (secondary N) is 1. The van der Waals surface area contributed by atoms with E-state index in [9.17, 15) is 9.59 Å². The molecule has 4 rings (SSSR count). The summed E-state index contributed by atoms with van der Waals surface area (Å²) in [6.45, 7) is 3.23. The van der Waals surface area contributed by atoms with E-state index >= 15 is 0 Å². The smallest absolute Gasteiger partial charge is 0.243 e. The van der Waals surface area contributed by atoms with Crippen molar-refractivity contribution in [3.63, 3.8) is 0 Å². The Bertz CT molecular complexity index is 951. The van der Waals surface area contributed by atoms with Crippen LogP contribution in [-0.4, -0.2) is 62.7 Å². The number of carbonyl (C=O) groups excluding carboxylic acids is 2.